The Bertz CT molecular complexity index is 621. The van der Waals surface area contributed by atoms with Crippen LogP contribution in [0, 0.1) is 11.6 Å². The summed E-state index contributed by atoms with van der Waals surface area (Å²) in [6, 6.07) is 8.13. The lowest BCUT2D eigenvalue weighted by Gasteiger charge is -2.33. The van der Waals surface area contributed by atoms with Gasteiger partial charge in [-0.2, -0.15) is 5.10 Å². The molecule has 0 aliphatic carbocycles. The molecule has 2 aromatic rings. The number of nitrogens with zero attached hydrogens (tertiary/aromatic N) is 3. The van der Waals surface area contributed by atoms with E-state index >= 15 is 0 Å². The second-order valence-corrected chi connectivity index (χ2v) is 5.50. The molecule has 2 heterocycles. The van der Waals surface area contributed by atoms with Gasteiger partial charge in [-0.25, -0.2) is 8.78 Å². The van der Waals surface area contributed by atoms with Crippen molar-refractivity contribution in [3.63, 3.8) is 0 Å². The molecule has 1 saturated heterocycles. The SMILES string of the molecule is Fc1ccc(CNC2CCCN(c3cccnn3)C2)cc1F. The van der Waals surface area contributed by atoms with Crippen molar-refractivity contribution >= 4 is 5.82 Å². The largest absolute Gasteiger partial charge is 0.354 e. The third kappa shape index (κ3) is 3.57. The number of anilines is 1. The van der Waals surface area contributed by atoms with Crippen molar-refractivity contribution in [2.45, 2.75) is 25.4 Å². The van der Waals surface area contributed by atoms with Crippen LogP contribution in [0.3, 0.4) is 0 Å². The lowest BCUT2D eigenvalue weighted by molar-refractivity contribution is 0.418. The van der Waals surface area contributed by atoms with Crippen molar-refractivity contribution in [2.24, 2.45) is 0 Å². The molecular weight excluding hydrogens is 286 g/mol. The molecule has 0 bridgehead atoms. The highest BCUT2D eigenvalue weighted by Gasteiger charge is 2.20. The first kappa shape index (κ1) is 14.8. The van der Waals surface area contributed by atoms with Crippen LogP contribution in [0.2, 0.25) is 0 Å². The topological polar surface area (TPSA) is 41.0 Å². The predicted octanol–water partition coefficient (Wildman–Crippen LogP) is 2.51. The highest BCUT2D eigenvalue weighted by Crippen LogP contribution is 2.17. The zero-order chi connectivity index (χ0) is 15.4. The molecule has 1 N–H and O–H groups in total. The molecule has 1 unspecified atom stereocenters. The molecule has 1 aliphatic rings. The van der Waals surface area contributed by atoms with Crippen LogP contribution in [0.15, 0.2) is 36.5 Å². The van der Waals surface area contributed by atoms with E-state index < -0.39 is 11.6 Å². The first-order valence-electron chi connectivity index (χ1n) is 7.42. The molecule has 116 valence electrons. The minimum Gasteiger partial charge on any atom is -0.354 e. The Hall–Kier alpha value is -2.08. The number of nitrogens with one attached hydrogen (secondary N) is 1. The normalized spacial score (nSPS) is 18.5. The fraction of sp³-hybridized carbons (Fsp3) is 0.375. The molecule has 22 heavy (non-hydrogen) atoms. The molecule has 1 atom stereocenters. The average Bonchev–Trinajstić information content (AvgIpc) is 2.57. The van der Waals surface area contributed by atoms with Crippen LogP contribution in [-0.2, 0) is 6.54 Å². The molecule has 6 heteroatoms. The fourth-order valence-electron chi connectivity index (χ4n) is 2.73. The van der Waals surface area contributed by atoms with Gasteiger partial charge in [-0.05, 0) is 42.7 Å². The molecule has 1 fully saturated rings. The van der Waals surface area contributed by atoms with Crippen molar-refractivity contribution in [2.75, 3.05) is 18.0 Å². The smallest absolute Gasteiger partial charge is 0.159 e. The summed E-state index contributed by atoms with van der Waals surface area (Å²) in [5.74, 6) is -0.735. The van der Waals surface area contributed by atoms with Crippen LogP contribution in [0.25, 0.3) is 0 Å². The first-order chi connectivity index (χ1) is 10.7. The third-order valence-electron chi connectivity index (χ3n) is 3.88. The lowest BCUT2D eigenvalue weighted by Crippen LogP contribution is -2.45. The Morgan fingerprint density at radius 2 is 2.14 bits per heavy atom. The van der Waals surface area contributed by atoms with Crippen molar-refractivity contribution in [1.82, 2.24) is 15.5 Å². The summed E-state index contributed by atoms with van der Waals surface area (Å²) in [5, 5.41) is 11.4. The van der Waals surface area contributed by atoms with Gasteiger partial charge in [-0.3, -0.25) is 0 Å². The molecule has 0 radical (unpaired) electrons. The molecule has 0 saturated carbocycles. The maximum Gasteiger partial charge on any atom is 0.159 e. The molecule has 4 nitrogen and oxygen atoms in total. The van der Waals surface area contributed by atoms with Crippen LogP contribution in [0.5, 0.6) is 0 Å². The van der Waals surface area contributed by atoms with Gasteiger partial charge in [0, 0.05) is 31.9 Å². The number of hydrogen-bond donors (Lipinski definition) is 1. The van der Waals surface area contributed by atoms with Crippen molar-refractivity contribution in [3.05, 3.63) is 53.7 Å². The summed E-state index contributed by atoms with van der Waals surface area (Å²) in [4.78, 5) is 2.19. The molecule has 0 amide bonds. The number of hydrogen-bond acceptors (Lipinski definition) is 4. The maximum atomic E-state index is 13.2. The van der Waals surface area contributed by atoms with Crippen molar-refractivity contribution in [1.29, 1.82) is 0 Å². The van der Waals surface area contributed by atoms with Crippen LogP contribution < -0.4 is 10.2 Å². The lowest BCUT2D eigenvalue weighted by atomic mass is 10.1. The van der Waals surface area contributed by atoms with Crippen LogP contribution in [0.4, 0.5) is 14.6 Å². The van der Waals surface area contributed by atoms with E-state index in [1.165, 1.54) is 12.1 Å². The fourth-order valence-corrected chi connectivity index (χ4v) is 2.73. The van der Waals surface area contributed by atoms with E-state index in [0.717, 1.165) is 37.3 Å². The summed E-state index contributed by atoms with van der Waals surface area (Å²) in [5.41, 5.74) is 0.746. The Morgan fingerprint density at radius 1 is 1.23 bits per heavy atom. The van der Waals surface area contributed by atoms with Gasteiger partial charge in [0.25, 0.3) is 0 Å². The van der Waals surface area contributed by atoms with E-state index in [4.69, 9.17) is 0 Å². The van der Waals surface area contributed by atoms with E-state index in [1.807, 2.05) is 12.1 Å². The predicted molar refractivity (Wildman–Crippen MR) is 80.5 cm³/mol. The van der Waals surface area contributed by atoms with E-state index in [0.29, 0.717) is 12.6 Å². The van der Waals surface area contributed by atoms with Crippen molar-refractivity contribution < 1.29 is 8.78 Å². The second-order valence-electron chi connectivity index (χ2n) is 5.50. The van der Waals surface area contributed by atoms with E-state index in [1.54, 1.807) is 12.3 Å². The Balaban J connectivity index is 1.57. The summed E-state index contributed by atoms with van der Waals surface area (Å²) >= 11 is 0. The summed E-state index contributed by atoms with van der Waals surface area (Å²) in [6.45, 7) is 2.32. The quantitative estimate of drug-likeness (QED) is 0.942. The minimum atomic E-state index is -0.810. The van der Waals surface area contributed by atoms with Gasteiger partial charge in [0.15, 0.2) is 17.5 Å². The van der Waals surface area contributed by atoms with Crippen LogP contribution in [0.1, 0.15) is 18.4 Å². The Kier molecular flexibility index (Phi) is 4.58. The van der Waals surface area contributed by atoms with E-state index in [9.17, 15) is 8.78 Å². The van der Waals surface area contributed by atoms with Crippen molar-refractivity contribution in [3.8, 4) is 0 Å². The molecule has 1 aromatic carbocycles. The first-order valence-corrected chi connectivity index (χ1v) is 7.42. The molecule has 1 aromatic heterocycles. The van der Waals surface area contributed by atoms with Gasteiger partial charge < -0.3 is 10.2 Å². The standard InChI is InChI=1S/C16H18F2N4/c17-14-6-5-12(9-15(14)18)10-19-13-3-2-8-22(11-13)16-4-1-7-20-21-16/h1,4-7,9,13,19H,2-3,8,10-11H2. The number of piperidine rings is 1. The van der Waals surface area contributed by atoms with Gasteiger partial charge in [0.1, 0.15) is 0 Å². The van der Waals surface area contributed by atoms with Gasteiger partial charge >= 0.3 is 0 Å². The highest BCUT2D eigenvalue weighted by molar-refractivity contribution is 5.37. The number of halogens is 2. The number of aromatic nitrogens is 2. The Morgan fingerprint density at radius 3 is 2.91 bits per heavy atom. The van der Waals surface area contributed by atoms with Gasteiger partial charge in [-0.15, -0.1) is 5.10 Å². The maximum absolute atomic E-state index is 13.2. The monoisotopic (exact) mass is 304 g/mol. The molecule has 1 aliphatic heterocycles. The number of rotatable bonds is 4. The summed E-state index contributed by atoms with van der Waals surface area (Å²) in [7, 11) is 0. The van der Waals surface area contributed by atoms with Crippen LogP contribution in [-0.4, -0.2) is 29.3 Å². The average molecular weight is 304 g/mol. The Labute approximate surface area is 128 Å². The minimum absolute atomic E-state index is 0.295. The van der Waals surface area contributed by atoms with Gasteiger partial charge in [0.2, 0.25) is 0 Å². The molecule has 3 rings (SSSR count). The van der Waals surface area contributed by atoms with E-state index in [2.05, 4.69) is 20.4 Å². The van der Waals surface area contributed by atoms with Gasteiger partial charge in [0.05, 0.1) is 0 Å². The third-order valence-corrected chi connectivity index (χ3v) is 3.88. The summed E-state index contributed by atoms with van der Waals surface area (Å²) < 4.78 is 26.1. The molecule has 0 spiro atoms. The van der Waals surface area contributed by atoms with Gasteiger partial charge in [-0.1, -0.05) is 6.07 Å². The summed E-state index contributed by atoms with van der Waals surface area (Å²) in [6.07, 6.45) is 3.78. The van der Waals surface area contributed by atoms with Crippen LogP contribution >= 0.6 is 0 Å². The highest BCUT2D eigenvalue weighted by atomic mass is 19.2. The van der Waals surface area contributed by atoms with E-state index in [-0.39, 0.29) is 0 Å². The zero-order valence-corrected chi connectivity index (χ0v) is 12.2. The number of benzene rings is 1. The molecular formula is C16H18F2N4. The zero-order valence-electron chi connectivity index (χ0n) is 12.2. The second kappa shape index (κ2) is 6.79.